The number of aryl methyl sites for hydroxylation is 3. The lowest BCUT2D eigenvalue weighted by molar-refractivity contribution is 0.378. The summed E-state index contributed by atoms with van der Waals surface area (Å²) in [6.07, 6.45) is 0. The van der Waals surface area contributed by atoms with E-state index < -0.39 is 10.0 Å². The Labute approximate surface area is 124 Å². The Bertz CT molecular complexity index is 743. The first-order valence-electron chi connectivity index (χ1n) is 6.47. The van der Waals surface area contributed by atoms with Crippen molar-refractivity contribution in [1.29, 1.82) is 0 Å². The SMILES string of the molecule is Cc1cc(CN(C)S(=O)(=O)c2c(C)cc(N)cc2C)no1. The van der Waals surface area contributed by atoms with E-state index in [1.807, 2.05) is 0 Å². The van der Waals surface area contributed by atoms with Crippen LogP contribution in [0.3, 0.4) is 0 Å². The van der Waals surface area contributed by atoms with Gasteiger partial charge >= 0.3 is 0 Å². The van der Waals surface area contributed by atoms with Gasteiger partial charge < -0.3 is 10.3 Å². The van der Waals surface area contributed by atoms with Crippen LogP contribution >= 0.6 is 0 Å². The number of sulfonamides is 1. The first-order chi connectivity index (χ1) is 9.71. The van der Waals surface area contributed by atoms with Crippen LogP contribution in [0.1, 0.15) is 22.6 Å². The molecular formula is C14H19N3O3S. The molecule has 1 aromatic heterocycles. The molecule has 6 nitrogen and oxygen atoms in total. The molecular weight excluding hydrogens is 290 g/mol. The van der Waals surface area contributed by atoms with Gasteiger partial charge in [-0.25, -0.2) is 8.42 Å². The zero-order valence-electron chi connectivity index (χ0n) is 12.5. The summed E-state index contributed by atoms with van der Waals surface area (Å²) in [7, 11) is -2.09. The molecule has 0 atom stereocenters. The number of nitrogens with two attached hydrogens (primary N) is 1. The summed E-state index contributed by atoms with van der Waals surface area (Å²) in [4.78, 5) is 0.291. The van der Waals surface area contributed by atoms with Crippen molar-refractivity contribution < 1.29 is 12.9 Å². The lowest BCUT2D eigenvalue weighted by Crippen LogP contribution is -2.28. The van der Waals surface area contributed by atoms with Crippen LogP contribution < -0.4 is 5.73 Å². The molecule has 0 unspecified atom stereocenters. The third kappa shape index (κ3) is 3.08. The molecule has 1 heterocycles. The maximum Gasteiger partial charge on any atom is 0.243 e. The van der Waals surface area contributed by atoms with Crippen molar-refractivity contribution in [3.63, 3.8) is 0 Å². The third-order valence-electron chi connectivity index (χ3n) is 3.21. The van der Waals surface area contributed by atoms with Gasteiger partial charge in [0.15, 0.2) is 0 Å². The molecule has 0 aliphatic rings. The summed E-state index contributed by atoms with van der Waals surface area (Å²) in [5.41, 5.74) is 8.14. The zero-order chi connectivity index (χ0) is 15.8. The van der Waals surface area contributed by atoms with E-state index in [2.05, 4.69) is 5.16 Å². The molecule has 0 bridgehead atoms. The van der Waals surface area contributed by atoms with Gasteiger partial charge in [-0.05, 0) is 44.0 Å². The molecule has 7 heteroatoms. The highest BCUT2D eigenvalue weighted by Crippen LogP contribution is 2.26. The molecule has 1 aromatic carbocycles. The van der Waals surface area contributed by atoms with Gasteiger partial charge in [0, 0.05) is 18.8 Å². The standard InChI is InChI=1S/C14H19N3O3S/c1-9-5-12(15)6-10(2)14(9)21(18,19)17(4)8-13-7-11(3)20-16-13/h5-7H,8,15H2,1-4H3. The third-order valence-corrected chi connectivity index (χ3v) is 5.32. The van der Waals surface area contributed by atoms with E-state index in [9.17, 15) is 8.42 Å². The molecule has 0 saturated heterocycles. The van der Waals surface area contributed by atoms with Crippen LogP contribution in [0.15, 0.2) is 27.6 Å². The van der Waals surface area contributed by atoms with Crippen LogP contribution in [0.25, 0.3) is 0 Å². The Morgan fingerprint density at radius 2 is 1.76 bits per heavy atom. The largest absolute Gasteiger partial charge is 0.399 e. The van der Waals surface area contributed by atoms with E-state index in [-0.39, 0.29) is 6.54 Å². The van der Waals surface area contributed by atoms with Crippen molar-refractivity contribution in [3.05, 3.63) is 40.8 Å². The molecule has 0 amide bonds. The molecule has 2 aromatic rings. The van der Waals surface area contributed by atoms with E-state index in [1.54, 1.807) is 39.0 Å². The van der Waals surface area contributed by atoms with E-state index in [0.29, 0.717) is 33.2 Å². The van der Waals surface area contributed by atoms with Gasteiger partial charge in [0.25, 0.3) is 0 Å². The number of nitrogens with zero attached hydrogens (tertiary/aromatic N) is 2. The van der Waals surface area contributed by atoms with E-state index >= 15 is 0 Å². The molecule has 0 aliphatic carbocycles. The fourth-order valence-electron chi connectivity index (χ4n) is 2.35. The molecule has 21 heavy (non-hydrogen) atoms. The quantitative estimate of drug-likeness (QED) is 0.873. The minimum Gasteiger partial charge on any atom is -0.399 e. The number of aromatic nitrogens is 1. The Hall–Kier alpha value is -1.86. The highest BCUT2D eigenvalue weighted by atomic mass is 32.2. The van der Waals surface area contributed by atoms with Gasteiger partial charge in [-0.2, -0.15) is 4.31 Å². The number of anilines is 1. The molecule has 0 aliphatic heterocycles. The summed E-state index contributed by atoms with van der Waals surface area (Å²) in [6, 6.07) is 5.04. The van der Waals surface area contributed by atoms with Crippen molar-refractivity contribution in [2.75, 3.05) is 12.8 Å². The zero-order valence-corrected chi connectivity index (χ0v) is 13.4. The molecule has 0 saturated carbocycles. The molecule has 114 valence electrons. The Balaban J connectivity index is 2.38. The average Bonchev–Trinajstić information content (AvgIpc) is 2.72. The minimum absolute atomic E-state index is 0.156. The first-order valence-corrected chi connectivity index (χ1v) is 7.91. The number of nitrogen functional groups attached to an aromatic ring is 1. The van der Waals surface area contributed by atoms with Gasteiger partial charge in [0.1, 0.15) is 5.76 Å². The predicted molar refractivity (Wildman–Crippen MR) is 80.2 cm³/mol. The second kappa shape index (κ2) is 5.50. The first kappa shape index (κ1) is 15.5. The number of rotatable bonds is 4. The van der Waals surface area contributed by atoms with Crippen molar-refractivity contribution >= 4 is 15.7 Å². The van der Waals surface area contributed by atoms with E-state index in [4.69, 9.17) is 10.3 Å². The summed E-state index contributed by atoms with van der Waals surface area (Å²) in [6.45, 7) is 5.40. The second-order valence-electron chi connectivity index (χ2n) is 5.17. The van der Waals surface area contributed by atoms with Gasteiger partial charge in [0.2, 0.25) is 10.0 Å². The van der Waals surface area contributed by atoms with Crippen LogP contribution in [0.5, 0.6) is 0 Å². The van der Waals surface area contributed by atoms with E-state index in [0.717, 1.165) is 0 Å². The van der Waals surface area contributed by atoms with Crippen LogP contribution in [-0.2, 0) is 16.6 Å². The average molecular weight is 309 g/mol. The van der Waals surface area contributed by atoms with Gasteiger partial charge in [-0.3, -0.25) is 0 Å². The lowest BCUT2D eigenvalue weighted by atomic mass is 10.1. The monoisotopic (exact) mass is 309 g/mol. The topological polar surface area (TPSA) is 89.4 Å². The van der Waals surface area contributed by atoms with Crippen LogP contribution in [0, 0.1) is 20.8 Å². The Morgan fingerprint density at radius 1 is 1.19 bits per heavy atom. The molecule has 2 rings (SSSR count). The van der Waals surface area contributed by atoms with Crippen molar-refractivity contribution in [2.45, 2.75) is 32.2 Å². The Kier molecular flexibility index (Phi) is 4.06. The molecule has 2 N–H and O–H groups in total. The molecule has 0 radical (unpaired) electrons. The maximum atomic E-state index is 12.7. The highest BCUT2D eigenvalue weighted by molar-refractivity contribution is 7.89. The van der Waals surface area contributed by atoms with Crippen LogP contribution in [0.2, 0.25) is 0 Å². The van der Waals surface area contributed by atoms with Crippen LogP contribution in [0.4, 0.5) is 5.69 Å². The summed E-state index contributed by atoms with van der Waals surface area (Å²) in [5, 5.41) is 3.82. The predicted octanol–water partition coefficient (Wildman–Crippen LogP) is 2.00. The smallest absolute Gasteiger partial charge is 0.243 e. The molecule has 0 fully saturated rings. The summed E-state index contributed by atoms with van der Waals surface area (Å²) < 4.78 is 31.7. The van der Waals surface area contributed by atoms with Gasteiger partial charge in [-0.1, -0.05) is 5.16 Å². The molecule has 0 spiro atoms. The van der Waals surface area contributed by atoms with E-state index in [1.165, 1.54) is 11.4 Å². The number of hydrogen-bond acceptors (Lipinski definition) is 5. The number of benzene rings is 1. The van der Waals surface area contributed by atoms with Gasteiger partial charge in [0.05, 0.1) is 17.1 Å². The lowest BCUT2D eigenvalue weighted by Gasteiger charge is -2.19. The van der Waals surface area contributed by atoms with Crippen LogP contribution in [-0.4, -0.2) is 24.9 Å². The van der Waals surface area contributed by atoms with Crippen molar-refractivity contribution in [1.82, 2.24) is 9.46 Å². The Morgan fingerprint density at radius 3 is 2.24 bits per heavy atom. The van der Waals surface area contributed by atoms with Crippen molar-refractivity contribution in [3.8, 4) is 0 Å². The normalized spacial score (nSPS) is 12.0. The van der Waals surface area contributed by atoms with Crippen molar-refractivity contribution in [2.24, 2.45) is 0 Å². The number of hydrogen-bond donors (Lipinski definition) is 1. The highest BCUT2D eigenvalue weighted by Gasteiger charge is 2.25. The summed E-state index contributed by atoms with van der Waals surface area (Å²) in [5.74, 6) is 0.649. The fraction of sp³-hybridized carbons (Fsp3) is 0.357. The summed E-state index contributed by atoms with van der Waals surface area (Å²) >= 11 is 0. The fourth-order valence-corrected chi connectivity index (χ4v) is 3.90. The minimum atomic E-state index is -3.61. The van der Waals surface area contributed by atoms with Gasteiger partial charge in [-0.15, -0.1) is 0 Å². The second-order valence-corrected chi connectivity index (χ2v) is 7.16. The maximum absolute atomic E-state index is 12.7.